The average molecular weight is 315 g/mol. The van der Waals surface area contributed by atoms with E-state index in [1.165, 1.54) is 23.5 Å². The van der Waals surface area contributed by atoms with E-state index in [4.69, 9.17) is 0 Å². The maximum Gasteiger partial charge on any atom is 0.310 e. The predicted octanol–water partition coefficient (Wildman–Crippen LogP) is 1.63. The molecule has 1 heterocycles. The molecule has 1 aliphatic rings. The summed E-state index contributed by atoms with van der Waals surface area (Å²) in [4.78, 5) is 11.6. The quantitative estimate of drug-likeness (QED) is 0.795. The first-order valence-corrected chi connectivity index (χ1v) is 8.06. The average Bonchev–Trinajstić information content (AvgIpc) is 2.86. The van der Waals surface area contributed by atoms with Gasteiger partial charge in [0, 0.05) is 13.1 Å². The van der Waals surface area contributed by atoms with E-state index < -0.39 is 27.7 Å². The smallest absolute Gasteiger partial charge is 0.310 e. The second-order valence-corrected chi connectivity index (χ2v) is 7.12. The fourth-order valence-corrected chi connectivity index (χ4v) is 4.65. The summed E-state index contributed by atoms with van der Waals surface area (Å²) in [5.41, 5.74) is 0.739. The molecule has 1 fully saturated rings. The van der Waals surface area contributed by atoms with Crippen molar-refractivity contribution < 1.29 is 22.3 Å². The Kier molecular flexibility index (Phi) is 4.34. The molecule has 1 aromatic carbocycles. The van der Waals surface area contributed by atoms with E-state index in [-0.39, 0.29) is 18.0 Å². The van der Waals surface area contributed by atoms with E-state index in [1.807, 2.05) is 0 Å². The maximum atomic E-state index is 13.3. The van der Waals surface area contributed by atoms with Crippen LogP contribution in [-0.2, 0) is 19.6 Å². The predicted molar refractivity (Wildman–Crippen MR) is 74.8 cm³/mol. The fraction of sp³-hybridized carbons (Fsp3) is 0.500. The molecule has 116 valence electrons. The topological polar surface area (TPSA) is 63.7 Å². The first-order valence-electron chi connectivity index (χ1n) is 6.62. The maximum absolute atomic E-state index is 13.3. The van der Waals surface area contributed by atoms with Crippen LogP contribution in [-0.4, -0.2) is 38.9 Å². The third kappa shape index (κ3) is 2.94. The molecule has 0 saturated carbocycles. The Labute approximate surface area is 123 Å². The molecule has 0 radical (unpaired) electrons. The number of rotatable bonds is 3. The van der Waals surface area contributed by atoms with Crippen molar-refractivity contribution in [1.82, 2.24) is 4.31 Å². The Bertz CT molecular complexity index is 649. The second kappa shape index (κ2) is 5.73. The Balaban J connectivity index is 2.34. The van der Waals surface area contributed by atoms with E-state index in [0.717, 1.165) is 0 Å². The third-order valence-electron chi connectivity index (χ3n) is 3.71. The van der Waals surface area contributed by atoms with Crippen molar-refractivity contribution in [2.45, 2.75) is 25.2 Å². The first kappa shape index (κ1) is 15.9. The summed E-state index contributed by atoms with van der Waals surface area (Å²) < 4.78 is 44.6. The lowest BCUT2D eigenvalue weighted by atomic mass is 10.1. The van der Waals surface area contributed by atoms with Gasteiger partial charge >= 0.3 is 5.97 Å². The van der Waals surface area contributed by atoms with E-state index >= 15 is 0 Å². The van der Waals surface area contributed by atoms with E-state index in [0.29, 0.717) is 17.5 Å². The molecule has 1 saturated heterocycles. The number of aryl methyl sites for hydroxylation is 2. The highest BCUT2D eigenvalue weighted by Crippen LogP contribution is 2.29. The van der Waals surface area contributed by atoms with Crippen molar-refractivity contribution in [1.29, 1.82) is 0 Å². The monoisotopic (exact) mass is 315 g/mol. The summed E-state index contributed by atoms with van der Waals surface area (Å²) in [6, 6.07) is 2.40. The number of nitrogens with zero attached hydrogens (tertiary/aromatic N) is 1. The summed E-state index contributed by atoms with van der Waals surface area (Å²) in [7, 11) is -2.45. The minimum atomic E-state index is -3.73. The molecular weight excluding hydrogens is 297 g/mol. The number of esters is 1. The van der Waals surface area contributed by atoms with E-state index in [9.17, 15) is 17.6 Å². The molecule has 0 amide bonds. The Morgan fingerprint density at radius 3 is 2.43 bits per heavy atom. The van der Waals surface area contributed by atoms with Crippen LogP contribution in [0.1, 0.15) is 17.5 Å². The third-order valence-corrected chi connectivity index (χ3v) is 5.88. The Morgan fingerprint density at radius 2 is 1.90 bits per heavy atom. The molecule has 0 spiro atoms. The number of carbonyl (C=O) groups is 1. The van der Waals surface area contributed by atoms with Crippen LogP contribution in [0.15, 0.2) is 17.0 Å². The fourth-order valence-electron chi connectivity index (χ4n) is 2.74. The minimum Gasteiger partial charge on any atom is -0.469 e. The molecule has 1 aromatic rings. The molecule has 5 nitrogen and oxygen atoms in total. The molecule has 0 bridgehead atoms. The molecule has 2 rings (SSSR count). The standard InChI is InChI=1S/C14H18FNO4S/c1-9-6-12(15)7-10(2)13(9)21(18,19)16-5-4-11(8-16)14(17)20-3/h6-7,11H,4-5,8H2,1-3H3. The largest absolute Gasteiger partial charge is 0.469 e. The number of halogens is 1. The van der Waals surface area contributed by atoms with Crippen LogP contribution in [0.2, 0.25) is 0 Å². The van der Waals surface area contributed by atoms with Gasteiger partial charge < -0.3 is 4.74 Å². The number of sulfonamides is 1. The van der Waals surface area contributed by atoms with Crippen LogP contribution < -0.4 is 0 Å². The lowest BCUT2D eigenvalue weighted by Crippen LogP contribution is -2.31. The number of carbonyl (C=O) groups excluding carboxylic acids is 1. The normalized spacial score (nSPS) is 19.7. The van der Waals surface area contributed by atoms with Gasteiger partial charge in [0.2, 0.25) is 10.0 Å². The highest BCUT2D eigenvalue weighted by Gasteiger charge is 2.37. The van der Waals surface area contributed by atoms with Crippen molar-refractivity contribution in [3.05, 3.63) is 29.1 Å². The van der Waals surface area contributed by atoms with Crippen LogP contribution in [0, 0.1) is 25.6 Å². The van der Waals surface area contributed by atoms with Crippen molar-refractivity contribution in [3.63, 3.8) is 0 Å². The number of hydrogen-bond donors (Lipinski definition) is 0. The molecule has 0 aromatic heterocycles. The van der Waals surface area contributed by atoms with Gasteiger partial charge in [0.1, 0.15) is 5.82 Å². The molecule has 1 unspecified atom stereocenters. The number of benzene rings is 1. The molecule has 1 aliphatic heterocycles. The van der Waals surface area contributed by atoms with Gasteiger partial charge in [-0.3, -0.25) is 4.79 Å². The van der Waals surface area contributed by atoms with Crippen LogP contribution in [0.3, 0.4) is 0 Å². The molecule has 1 atom stereocenters. The number of methoxy groups -OCH3 is 1. The van der Waals surface area contributed by atoms with Gasteiger partial charge in [0.15, 0.2) is 0 Å². The van der Waals surface area contributed by atoms with Crippen molar-refractivity contribution >= 4 is 16.0 Å². The summed E-state index contributed by atoms with van der Waals surface area (Å²) in [5, 5.41) is 0. The van der Waals surface area contributed by atoms with Gasteiger partial charge in [-0.05, 0) is 43.5 Å². The van der Waals surface area contributed by atoms with Crippen molar-refractivity contribution in [2.24, 2.45) is 5.92 Å². The molecule has 7 heteroatoms. The highest BCUT2D eigenvalue weighted by molar-refractivity contribution is 7.89. The summed E-state index contributed by atoms with van der Waals surface area (Å²) >= 11 is 0. The SMILES string of the molecule is COC(=O)C1CCN(S(=O)(=O)c2c(C)cc(F)cc2C)C1. The van der Waals surface area contributed by atoms with Gasteiger partial charge in [-0.25, -0.2) is 12.8 Å². The van der Waals surface area contributed by atoms with Crippen LogP contribution >= 0.6 is 0 Å². The van der Waals surface area contributed by atoms with Crippen LogP contribution in [0.25, 0.3) is 0 Å². The van der Waals surface area contributed by atoms with Crippen LogP contribution in [0.5, 0.6) is 0 Å². The van der Waals surface area contributed by atoms with Crippen molar-refractivity contribution in [2.75, 3.05) is 20.2 Å². The lowest BCUT2D eigenvalue weighted by Gasteiger charge is -2.19. The first-order chi connectivity index (χ1) is 9.77. The second-order valence-electron chi connectivity index (χ2n) is 5.24. The zero-order valence-corrected chi connectivity index (χ0v) is 13.0. The van der Waals surface area contributed by atoms with Crippen molar-refractivity contribution in [3.8, 4) is 0 Å². The van der Waals surface area contributed by atoms with Gasteiger partial charge in [0.05, 0.1) is 17.9 Å². The number of ether oxygens (including phenoxy) is 1. The van der Waals surface area contributed by atoms with Gasteiger partial charge in [-0.2, -0.15) is 4.31 Å². The van der Waals surface area contributed by atoms with Gasteiger partial charge in [-0.15, -0.1) is 0 Å². The highest BCUT2D eigenvalue weighted by atomic mass is 32.2. The Morgan fingerprint density at radius 1 is 1.33 bits per heavy atom. The lowest BCUT2D eigenvalue weighted by molar-refractivity contribution is -0.144. The van der Waals surface area contributed by atoms with Gasteiger partial charge in [-0.1, -0.05) is 0 Å². The van der Waals surface area contributed by atoms with Gasteiger partial charge in [0.25, 0.3) is 0 Å². The summed E-state index contributed by atoms with van der Waals surface area (Å²) in [6.45, 7) is 3.50. The zero-order valence-electron chi connectivity index (χ0n) is 12.2. The molecular formula is C14H18FNO4S. The Hall–Kier alpha value is -1.47. The summed E-state index contributed by atoms with van der Waals surface area (Å²) in [5.74, 6) is -1.30. The molecule has 21 heavy (non-hydrogen) atoms. The minimum absolute atomic E-state index is 0.102. The van der Waals surface area contributed by atoms with Crippen LogP contribution in [0.4, 0.5) is 4.39 Å². The number of hydrogen-bond acceptors (Lipinski definition) is 4. The molecule has 0 aliphatic carbocycles. The summed E-state index contributed by atoms with van der Waals surface area (Å²) in [6.07, 6.45) is 0.436. The van der Waals surface area contributed by atoms with E-state index in [1.54, 1.807) is 13.8 Å². The molecule has 0 N–H and O–H groups in total. The van der Waals surface area contributed by atoms with E-state index in [2.05, 4.69) is 4.74 Å². The zero-order chi connectivity index (χ0) is 15.8.